The molecule has 0 bridgehead atoms. The summed E-state index contributed by atoms with van der Waals surface area (Å²) in [6.45, 7) is 0. The van der Waals surface area contributed by atoms with Crippen molar-refractivity contribution in [3.8, 4) is 0 Å². The van der Waals surface area contributed by atoms with Gasteiger partial charge in [0.2, 0.25) is 0 Å². The predicted octanol–water partition coefficient (Wildman–Crippen LogP) is -0.149. The molecule has 0 aliphatic heterocycles. The highest BCUT2D eigenvalue weighted by molar-refractivity contribution is 5.78. The molecule has 0 spiro atoms. The fraction of sp³-hybridized carbons (Fsp3) is 0.833. The van der Waals surface area contributed by atoms with Gasteiger partial charge in [0.05, 0.1) is 0 Å². The number of carbonyl (C=O) groups is 1. The lowest BCUT2D eigenvalue weighted by Gasteiger charge is -2.05. The Balaban J connectivity index is 0.000000236. The molecule has 10 heavy (non-hydrogen) atoms. The molecule has 1 N–H and O–H groups in total. The fourth-order valence-electron chi connectivity index (χ4n) is 0.946. The van der Waals surface area contributed by atoms with Gasteiger partial charge in [0.15, 0.2) is 0 Å². The van der Waals surface area contributed by atoms with E-state index in [1.807, 2.05) is 0 Å². The van der Waals surface area contributed by atoms with Crippen molar-refractivity contribution < 1.29 is 10.1 Å². The highest BCUT2D eigenvalue weighted by Crippen LogP contribution is 2.12. The molecule has 0 atom stereocenters. The van der Waals surface area contributed by atoms with E-state index in [0.717, 1.165) is 25.7 Å². The van der Waals surface area contributed by atoms with Gasteiger partial charge in [-0.05, 0) is 12.8 Å². The largest absolute Gasteiger partial charge is 0.300 e. The highest BCUT2D eigenvalue weighted by Gasteiger charge is 2.05. The van der Waals surface area contributed by atoms with Crippen LogP contribution in [0.2, 0.25) is 0 Å². The van der Waals surface area contributed by atoms with Crippen molar-refractivity contribution in [1.29, 1.82) is 0 Å². The minimum Gasteiger partial charge on any atom is -0.300 e. The molecule has 1 fully saturated rings. The lowest BCUT2D eigenvalue weighted by molar-refractivity contribution is -0.398. The van der Waals surface area contributed by atoms with Crippen molar-refractivity contribution in [1.82, 2.24) is 0 Å². The summed E-state index contributed by atoms with van der Waals surface area (Å²) in [4.78, 5) is 18.6. The molecule has 1 aliphatic carbocycles. The molecule has 0 aromatic heterocycles. The van der Waals surface area contributed by atoms with Crippen molar-refractivity contribution in [2.45, 2.75) is 32.1 Å². The summed E-state index contributed by atoms with van der Waals surface area (Å²) in [6, 6.07) is 0. The third kappa shape index (κ3) is 5.21. The summed E-state index contributed by atoms with van der Waals surface area (Å²) in [5, 5.41) is 8.38. The van der Waals surface area contributed by atoms with E-state index in [-0.39, 0.29) is 5.34 Å². The Hall–Kier alpha value is -0.930. The Morgan fingerprint density at radius 1 is 1.20 bits per heavy atom. The molecule has 58 valence electrons. The van der Waals surface area contributed by atoms with Crippen LogP contribution in [-0.2, 0) is 4.79 Å². The number of hydrogen-bond acceptors (Lipinski definition) is 3. The predicted molar refractivity (Wildman–Crippen MR) is 35.8 cm³/mol. The Morgan fingerprint density at radius 3 is 1.80 bits per heavy atom. The van der Waals surface area contributed by atoms with Gasteiger partial charge in [0.1, 0.15) is 5.78 Å². The Morgan fingerprint density at radius 2 is 1.60 bits per heavy atom. The average molecular weight is 145 g/mol. The number of nitrogens with one attached hydrogen (secondary N) is 1. The topological polar surface area (TPSA) is 71.2 Å². The fourth-order valence-corrected chi connectivity index (χ4v) is 0.946. The number of carbonyl (C=O) groups excluding carboxylic acids is 1. The summed E-state index contributed by atoms with van der Waals surface area (Å²) in [5.74, 6) is 0.464. The van der Waals surface area contributed by atoms with E-state index in [1.165, 1.54) is 6.42 Å². The van der Waals surface area contributed by atoms with Crippen LogP contribution in [0.25, 0.3) is 0 Å². The second kappa shape index (κ2) is 6.19. The molecule has 1 aliphatic rings. The Bertz CT molecular complexity index is 106. The molecule has 0 unspecified atom stereocenters. The third-order valence-electron chi connectivity index (χ3n) is 1.41. The van der Waals surface area contributed by atoms with Gasteiger partial charge in [-0.3, -0.25) is 14.9 Å². The Labute approximate surface area is 59.2 Å². The van der Waals surface area contributed by atoms with Crippen LogP contribution in [0.15, 0.2) is 0 Å². The van der Waals surface area contributed by atoms with E-state index in [4.69, 9.17) is 10.1 Å². The monoisotopic (exact) mass is 145 g/mol. The molecule has 1 saturated carbocycles. The van der Waals surface area contributed by atoms with Crippen LogP contribution in [0, 0.1) is 10.1 Å². The van der Waals surface area contributed by atoms with Crippen LogP contribution in [0.1, 0.15) is 32.1 Å². The zero-order chi connectivity index (χ0) is 7.82. The van der Waals surface area contributed by atoms with Gasteiger partial charge in [-0.15, -0.1) is 0 Å². The maximum Gasteiger partial charge on any atom is 0.132 e. The van der Waals surface area contributed by atoms with Crippen LogP contribution < -0.4 is 5.34 Å². The molecule has 0 amide bonds. The van der Waals surface area contributed by atoms with Crippen LogP contribution in [0.4, 0.5) is 0 Å². The molecule has 0 saturated heterocycles. The van der Waals surface area contributed by atoms with Crippen molar-refractivity contribution in [3.63, 3.8) is 0 Å². The molecule has 0 heterocycles. The molecule has 0 aromatic rings. The Kier molecular flexibility index (Phi) is 5.62. The van der Waals surface area contributed by atoms with Gasteiger partial charge in [-0.1, -0.05) is 6.42 Å². The quantitative estimate of drug-likeness (QED) is 0.380. The number of Topliss-reactive ketones (excluding diaryl/α,β-unsaturated/α-hetero) is 1. The molecule has 0 aromatic carbocycles. The molecule has 4 heteroatoms. The van der Waals surface area contributed by atoms with Crippen LogP contribution in [0.3, 0.4) is 0 Å². The lowest BCUT2D eigenvalue weighted by Crippen LogP contribution is -2.53. The highest BCUT2D eigenvalue weighted by atomic mass is 16.6. The van der Waals surface area contributed by atoms with E-state index >= 15 is 0 Å². The molecule has 0 radical (unpaired) electrons. The van der Waals surface area contributed by atoms with Crippen molar-refractivity contribution in [2.75, 3.05) is 0 Å². The first-order valence-corrected chi connectivity index (χ1v) is 3.32. The summed E-state index contributed by atoms with van der Waals surface area (Å²) in [5.41, 5.74) is 0. The normalized spacial score (nSPS) is 17.0. The first kappa shape index (κ1) is 9.07. The van der Waals surface area contributed by atoms with Gasteiger partial charge in [-0.2, -0.15) is 0 Å². The van der Waals surface area contributed by atoms with Gasteiger partial charge in [0.25, 0.3) is 0 Å². The van der Waals surface area contributed by atoms with Gasteiger partial charge >= 0.3 is 0 Å². The zero-order valence-electron chi connectivity index (χ0n) is 5.76. The van der Waals surface area contributed by atoms with Gasteiger partial charge in [-0.25, -0.2) is 0 Å². The molecular formula is C6H11NO3. The van der Waals surface area contributed by atoms with Gasteiger partial charge in [0, 0.05) is 18.2 Å². The smallest absolute Gasteiger partial charge is 0.132 e. The minimum absolute atomic E-state index is 0.250. The van der Waals surface area contributed by atoms with Crippen LogP contribution in [-0.4, -0.2) is 5.78 Å². The standard InChI is InChI=1S/C6H10O.HNO2/c7-6-4-2-1-3-5-6;2-1-3/h1-5H2;1H. The van der Waals surface area contributed by atoms with Crippen LogP contribution in [0.5, 0.6) is 0 Å². The van der Waals surface area contributed by atoms with Gasteiger partial charge < -0.3 is 0 Å². The summed E-state index contributed by atoms with van der Waals surface area (Å²) < 4.78 is 0. The number of ketones is 1. The van der Waals surface area contributed by atoms with E-state index in [2.05, 4.69) is 0 Å². The second-order valence-electron chi connectivity index (χ2n) is 2.18. The SMILES string of the molecule is O=C1CCCCC1.O=[NH+][O-]. The summed E-state index contributed by atoms with van der Waals surface area (Å²) in [6.07, 6.45) is 5.24. The average Bonchev–Trinajstić information content (AvgIpc) is 1.91. The zero-order valence-corrected chi connectivity index (χ0v) is 5.76. The second-order valence-corrected chi connectivity index (χ2v) is 2.18. The van der Waals surface area contributed by atoms with Crippen molar-refractivity contribution in [3.05, 3.63) is 10.1 Å². The first-order valence-electron chi connectivity index (χ1n) is 3.32. The maximum absolute atomic E-state index is 10.5. The van der Waals surface area contributed by atoms with Crippen LogP contribution >= 0.6 is 0 Å². The number of hydrogen-bond donors (Lipinski definition) is 1. The first-order chi connectivity index (χ1) is 4.81. The molecular weight excluding hydrogens is 134 g/mol. The number of rotatable bonds is 0. The molecule has 1 rings (SSSR count). The van der Waals surface area contributed by atoms with Crippen molar-refractivity contribution >= 4 is 5.78 Å². The lowest BCUT2D eigenvalue weighted by atomic mass is 10.00. The van der Waals surface area contributed by atoms with E-state index in [0.29, 0.717) is 5.78 Å². The third-order valence-corrected chi connectivity index (χ3v) is 1.41. The van der Waals surface area contributed by atoms with E-state index in [9.17, 15) is 4.79 Å². The summed E-state index contributed by atoms with van der Waals surface area (Å²) >= 11 is 0. The van der Waals surface area contributed by atoms with E-state index in [1.54, 1.807) is 0 Å². The maximum atomic E-state index is 10.5. The molecule has 4 nitrogen and oxygen atoms in total. The summed E-state index contributed by atoms with van der Waals surface area (Å²) in [7, 11) is 0. The van der Waals surface area contributed by atoms with E-state index < -0.39 is 0 Å². The van der Waals surface area contributed by atoms with Crippen molar-refractivity contribution in [2.24, 2.45) is 0 Å². The minimum atomic E-state index is 0.250.